The highest BCUT2D eigenvalue weighted by atomic mass is 32.1. The normalized spacial score (nSPS) is 15.2. The molecule has 1 aromatic heterocycles. The van der Waals surface area contributed by atoms with E-state index in [1.165, 1.54) is 23.5 Å². The molecule has 6 heteroatoms. The van der Waals surface area contributed by atoms with Crippen molar-refractivity contribution in [3.8, 4) is 0 Å². The third-order valence-electron chi connectivity index (χ3n) is 5.63. The second kappa shape index (κ2) is 9.43. The van der Waals surface area contributed by atoms with Crippen LogP contribution in [0.5, 0.6) is 0 Å². The van der Waals surface area contributed by atoms with Gasteiger partial charge < -0.3 is 10.6 Å². The molecule has 4 nitrogen and oxygen atoms in total. The maximum absolute atomic E-state index is 14.1. The Bertz CT molecular complexity index is 1090. The van der Waals surface area contributed by atoms with Crippen LogP contribution in [0, 0.1) is 11.7 Å². The first kappa shape index (κ1) is 21.2. The fourth-order valence-corrected chi connectivity index (χ4v) is 5.35. The van der Waals surface area contributed by atoms with Gasteiger partial charge in [-0.2, -0.15) is 0 Å². The third-order valence-corrected chi connectivity index (χ3v) is 6.80. The Labute approximate surface area is 185 Å². The topological polar surface area (TPSA) is 58.2 Å². The molecule has 0 radical (unpaired) electrons. The summed E-state index contributed by atoms with van der Waals surface area (Å²) in [6, 6.07) is 15.8. The standard InChI is InChI=1S/C25H25FN2O2S/c1-16-11-12-19-21(15-16)31-25(28-23(29)18-9-5-6-10-20(18)26)22(19)24(30)27-14-13-17-7-3-2-4-8-17/h2-10,16H,11-15H2,1H3,(H,27,30)(H,28,29). The van der Waals surface area contributed by atoms with E-state index in [1.807, 2.05) is 30.3 Å². The van der Waals surface area contributed by atoms with E-state index in [9.17, 15) is 14.0 Å². The predicted molar refractivity (Wildman–Crippen MR) is 122 cm³/mol. The lowest BCUT2D eigenvalue weighted by molar-refractivity contribution is 0.0954. The molecule has 2 aromatic carbocycles. The maximum Gasteiger partial charge on any atom is 0.259 e. The number of amides is 2. The smallest absolute Gasteiger partial charge is 0.259 e. The summed E-state index contributed by atoms with van der Waals surface area (Å²) in [4.78, 5) is 27.0. The molecule has 160 valence electrons. The number of hydrogen-bond acceptors (Lipinski definition) is 3. The highest BCUT2D eigenvalue weighted by Crippen LogP contribution is 2.39. The van der Waals surface area contributed by atoms with Gasteiger partial charge in [-0.25, -0.2) is 4.39 Å². The van der Waals surface area contributed by atoms with Gasteiger partial charge in [0, 0.05) is 11.4 Å². The minimum atomic E-state index is -0.580. The van der Waals surface area contributed by atoms with Crippen molar-refractivity contribution in [2.24, 2.45) is 5.92 Å². The second-order valence-electron chi connectivity index (χ2n) is 7.98. The molecule has 1 heterocycles. The fraction of sp³-hybridized carbons (Fsp3) is 0.280. The van der Waals surface area contributed by atoms with Gasteiger partial charge in [0.15, 0.2) is 0 Å². The number of benzene rings is 2. The Morgan fingerprint density at radius 3 is 2.58 bits per heavy atom. The van der Waals surface area contributed by atoms with Crippen molar-refractivity contribution in [1.82, 2.24) is 5.32 Å². The summed E-state index contributed by atoms with van der Waals surface area (Å²) in [5.41, 5.74) is 2.67. The fourth-order valence-electron chi connectivity index (χ4n) is 3.95. The van der Waals surface area contributed by atoms with E-state index in [2.05, 4.69) is 17.6 Å². The Hall–Kier alpha value is -2.99. The largest absolute Gasteiger partial charge is 0.352 e. The quantitative estimate of drug-likeness (QED) is 0.555. The number of hydrogen-bond donors (Lipinski definition) is 2. The summed E-state index contributed by atoms with van der Waals surface area (Å²) in [6.07, 6.45) is 3.44. The first-order chi connectivity index (χ1) is 15.0. The third kappa shape index (κ3) is 4.85. The van der Waals surface area contributed by atoms with Crippen molar-refractivity contribution >= 4 is 28.2 Å². The number of rotatable bonds is 6. The van der Waals surface area contributed by atoms with Gasteiger partial charge >= 0.3 is 0 Å². The molecule has 1 aliphatic carbocycles. The average molecular weight is 437 g/mol. The lowest BCUT2D eigenvalue weighted by Crippen LogP contribution is -2.28. The van der Waals surface area contributed by atoms with Crippen LogP contribution < -0.4 is 10.6 Å². The zero-order valence-corrected chi connectivity index (χ0v) is 18.2. The summed E-state index contributed by atoms with van der Waals surface area (Å²) in [7, 11) is 0. The number of carbonyl (C=O) groups is 2. The van der Waals surface area contributed by atoms with Crippen LogP contribution in [0.1, 0.15) is 50.1 Å². The van der Waals surface area contributed by atoms with E-state index in [0.717, 1.165) is 41.7 Å². The highest BCUT2D eigenvalue weighted by molar-refractivity contribution is 7.17. The van der Waals surface area contributed by atoms with E-state index in [1.54, 1.807) is 12.1 Å². The molecular weight excluding hydrogens is 411 g/mol. The molecule has 0 aliphatic heterocycles. The Balaban J connectivity index is 1.56. The Morgan fingerprint density at radius 1 is 1.06 bits per heavy atom. The minimum Gasteiger partial charge on any atom is -0.352 e. The molecule has 0 fully saturated rings. The first-order valence-corrected chi connectivity index (χ1v) is 11.4. The van der Waals surface area contributed by atoms with Gasteiger partial charge in [-0.1, -0.05) is 49.4 Å². The second-order valence-corrected chi connectivity index (χ2v) is 9.09. The van der Waals surface area contributed by atoms with Crippen molar-refractivity contribution in [1.29, 1.82) is 0 Å². The van der Waals surface area contributed by atoms with Crippen LogP contribution in [0.15, 0.2) is 54.6 Å². The number of carbonyl (C=O) groups excluding carboxylic acids is 2. The van der Waals surface area contributed by atoms with Gasteiger partial charge in [0.25, 0.3) is 11.8 Å². The number of fused-ring (bicyclic) bond motifs is 1. The van der Waals surface area contributed by atoms with Gasteiger partial charge in [-0.15, -0.1) is 11.3 Å². The van der Waals surface area contributed by atoms with E-state index >= 15 is 0 Å². The molecule has 0 spiro atoms. The van der Waals surface area contributed by atoms with E-state index in [0.29, 0.717) is 23.0 Å². The number of anilines is 1. The summed E-state index contributed by atoms with van der Waals surface area (Å²) in [5.74, 6) is -0.769. The molecule has 2 N–H and O–H groups in total. The molecule has 3 aromatic rings. The SMILES string of the molecule is CC1CCc2c(sc(NC(=O)c3ccccc3F)c2C(=O)NCCc2ccccc2)C1. The lowest BCUT2D eigenvalue weighted by atomic mass is 9.88. The van der Waals surface area contributed by atoms with Crippen LogP contribution in [-0.4, -0.2) is 18.4 Å². The molecule has 0 saturated carbocycles. The zero-order valence-electron chi connectivity index (χ0n) is 17.4. The monoisotopic (exact) mass is 436 g/mol. The number of halogens is 1. The minimum absolute atomic E-state index is 0.0299. The van der Waals surface area contributed by atoms with Gasteiger partial charge in [0.1, 0.15) is 10.8 Å². The lowest BCUT2D eigenvalue weighted by Gasteiger charge is -2.18. The Kier molecular flexibility index (Phi) is 6.47. The number of thiophene rings is 1. The molecule has 31 heavy (non-hydrogen) atoms. The molecular formula is C25H25FN2O2S. The highest BCUT2D eigenvalue weighted by Gasteiger charge is 2.28. The molecule has 1 aliphatic rings. The van der Waals surface area contributed by atoms with Crippen LogP contribution in [-0.2, 0) is 19.3 Å². The first-order valence-electron chi connectivity index (χ1n) is 10.6. The summed E-state index contributed by atoms with van der Waals surface area (Å²) in [6.45, 7) is 2.70. The van der Waals surface area contributed by atoms with Crippen molar-refractivity contribution in [2.45, 2.75) is 32.6 Å². The molecule has 4 rings (SSSR count). The average Bonchev–Trinajstić information content (AvgIpc) is 3.11. The van der Waals surface area contributed by atoms with E-state index in [4.69, 9.17) is 0 Å². The maximum atomic E-state index is 14.1. The molecule has 2 amide bonds. The van der Waals surface area contributed by atoms with Crippen LogP contribution in [0.25, 0.3) is 0 Å². The summed E-state index contributed by atoms with van der Waals surface area (Å²) < 4.78 is 14.1. The molecule has 1 atom stereocenters. The summed E-state index contributed by atoms with van der Waals surface area (Å²) in [5, 5.41) is 6.31. The van der Waals surface area contributed by atoms with E-state index in [-0.39, 0.29) is 11.5 Å². The van der Waals surface area contributed by atoms with Crippen LogP contribution in [0.3, 0.4) is 0 Å². The van der Waals surface area contributed by atoms with Gasteiger partial charge in [-0.3, -0.25) is 9.59 Å². The predicted octanol–water partition coefficient (Wildman–Crippen LogP) is 5.24. The van der Waals surface area contributed by atoms with Crippen molar-refractivity contribution in [3.63, 3.8) is 0 Å². The molecule has 0 bridgehead atoms. The zero-order chi connectivity index (χ0) is 21.8. The molecule has 0 saturated heterocycles. The van der Waals surface area contributed by atoms with E-state index < -0.39 is 11.7 Å². The summed E-state index contributed by atoms with van der Waals surface area (Å²) >= 11 is 1.44. The van der Waals surface area contributed by atoms with Crippen molar-refractivity contribution < 1.29 is 14.0 Å². The van der Waals surface area contributed by atoms with Gasteiger partial charge in [0.2, 0.25) is 0 Å². The molecule has 1 unspecified atom stereocenters. The van der Waals surface area contributed by atoms with Crippen molar-refractivity contribution in [3.05, 3.63) is 87.5 Å². The number of nitrogens with one attached hydrogen (secondary N) is 2. The van der Waals surface area contributed by atoms with Crippen LogP contribution >= 0.6 is 11.3 Å². The Morgan fingerprint density at radius 2 is 1.81 bits per heavy atom. The van der Waals surface area contributed by atoms with Crippen molar-refractivity contribution in [2.75, 3.05) is 11.9 Å². The van der Waals surface area contributed by atoms with Gasteiger partial charge in [-0.05, 0) is 54.9 Å². The van der Waals surface area contributed by atoms with Crippen LogP contribution in [0.4, 0.5) is 9.39 Å². The van der Waals surface area contributed by atoms with Crippen LogP contribution in [0.2, 0.25) is 0 Å². The van der Waals surface area contributed by atoms with Gasteiger partial charge in [0.05, 0.1) is 11.1 Å².